The number of nitrogens with zero attached hydrogens (tertiary/aromatic N) is 2. The fraction of sp³-hybridized carbons (Fsp3) is 0. The molecular formula is C70H46N2O. The van der Waals surface area contributed by atoms with Gasteiger partial charge < -0.3 is 4.42 Å². The lowest BCUT2D eigenvalue weighted by Crippen LogP contribution is -1.96. The van der Waals surface area contributed by atoms with E-state index in [9.17, 15) is 0 Å². The van der Waals surface area contributed by atoms with Crippen molar-refractivity contribution in [2.24, 2.45) is 0 Å². The van der Waals surface area contributed by atoms with Gasteiger partial charge in [0.15, 0.2) is 5.82 Å². The van der Waals surface area contributed by atoms with Crippen LogP contribution in [0.3, 0.4) is 0 Å². The minimum absolute atomic E-state index is 0.661. The summed E-state index contributed by atoms with van der Waals surface area (Å²) < 4.78 is 6.46. The van der Waals surface area contributed by atoms with Crippen molar-refractivity contribution in [1.82, 2.24) is 9.97 Å². The molecule has 2 heterocycles. The van der Waals surface area contributed by atoms with Crippen molar-refractivity contribution in [2.45, 2.75) is 0 Å². The molecule has 0 saturated heterocycles. The molecule has 13 rings (SSSR count). The van der Waals surface area contributed by atoms with Crippen LogP contribution in [0, 0.1) is 0 Å². The summed E-state index contributed by atoms with van der Waals surface area (Å²) >= 11 is 0. The van der Waals surface area contributed by atoms with Crippen LogP contribution in [-0.2, 0) is 0 Å². The van der Waals surface area contributed by atoms with E-state index in [1.165, 1.54) is 33.4 Å². The predicted molar refractivity (Wildman–Crippen MR) is 304 cm³/mol. The maximum absolute atomic E-state index is 6.46. The largest absolute Gasteiger partial charge is 0.455 e. The Hall–Kier alpha value is -9.70. The quantitative estimate of drug-likeness (QED) is 0.137. The number of para-hydroxylation sites is 2. The van der Waals surface area contributed by atoms with Gasteiger partial charge in [0.25, 0.3) is 0 Å². The van der Waals surface area contributed by atoms with Gasteiger partial charge in [-0.15, -0.1) is 0 Å². The van der Waals surface area contributed by atoms with Crippen molar-refractivity contribution in [3.05, 3.63) is 279 Å². The number of aromatic nitrogens is 2. The molecular weight excluding hydrogens is 885 g/mol. The average molecular weight is 931 g/mol. The molecule has 3 heteroatoms. The second kappa shape index (κ2) is 18.9. The van der Waals surface area contributed by atoms with E-state index in [1.54, 1.807) is 0 Å². The summed E-state index contributed by atoms with van der Waals surface area (Å²) in [5, 5.41) is 2.24. The van der Waals surface area contributed by atoms with Crippen molar-refractivity contribution < 1.29 is 4.42 Å². The molecule has 3 nitrogen and oxygen atoms in total. The Morgan fingerprint density at radius 1 is 0.219 bits per heavy atom. The van der Waals surface area contributed by atoms with Crippen LogP contribution in [0.2, 0.25) is 0 Å². The minimum Gasteiger partial charge on any atom is -0.455 e. The molecule has 11 aromatic carbocycles. The molecule has 13 aromatic rings. The molecule has 0 unspecified atom stereocenters. The highest BCUT2D eigenvalue weighted by molar-refractivity contribution is 6.09. The van der Waals surface area contributed by atoms with Crippen LogP contribution < -0.4 is 0 Å². The van der Waals surface area contributed by atoms with E-state index >= 15 is 0 Å². The van der Waals surface area contributed by atoms with Gasteiger partial charge in [-0.05, 0) is 121 Å². The lowest BCUT2D eigenvalue weighted by Gasteiger charge is -2.13. The maximum Gasteiger partial charge on any atom is 0.160 e. The van der Waals surface area contributed by atoms with E-state index in [1.807, 2.05) is 12.1 Å². The summed E-state index contributed by atoms with van der Waals surface area (Å²) in [6, 6.07) is 99.0. The Bertz CT molecular complexity index is 4140. The van der Waals surface area contributed by atoms with Gasteiger partial charge in [-0.3, -0.25) is 0 Å². The third-order valence-electron chi connectivity index (χ3n) is 13.9. The van der Waals surface area contributed by atoms with Gasteiger partial charge in [0.1, 0.15) is 11.2 Å². The van der Waals surface area contributed by atoms with Crippen molar-refractivity contribution in [2.75, 3.05) is 0 Å². The number of fused-ring (bicyclic) bond motifs is 3. The summed E-state index contributed by atoms with van der Waals surface area (Å²) in [6.45, 7) is 0. The Labute approximate surface area is 425 Å². The smallest absolute Gasteiger partial charge is 0.160 e. The van der Waals surface area contributed by atoms with Crippen LogP contribution in [0.4, 0.5) is 0 Å². The van der Waals surface area contributed by atoms with Gasteiger partial charge in [0.2, 0.25) is 0 Å². The summed E-state index contributed by atoms with van der Waals surface area (Å²) in [4.78, 5) is 10.7. The first kappa shape index (κ1) is 43.3. The van der Waals surface area contributed by atoms with Crippen molar-refractivity contribution in [3.63, 3.8) is 0 Å². The molecule has 0 atom stereocenters. The first-order valence-corrected chi connectivity index (χ1v) is 24.8. The van der Waals surface area contributed by atoms with Crippen LogP contribution in [-0.4, -0.2) is 9.97 Å². The van der Waals surface area contributed by atoms with Gasteiger partial charge in [0, 0.05) is 33.0 Å². The van der Waals surface area contributed by atoms with Crippen LogP contribution in [0.15, 0.2) is 283 Å². The topological polar surface area (TPSA) is 38.9 Å². The second-order valence-corrected chi connectivity index (χ2v) is 18.5. The molecule has 0 aliphatic carbocycles. The standard InChI is InChI=1S/C70H46N2O/c1-3-16-47(17-4-1)51-20-9-23-54(40-51)55-24-11-22-53(42-55)49-36-38-50(39-37-49)66-46-67(72-70(71-66)62-31-14-28-59(45-62)56-25-10-21-52(41-56)48-18-5-2-6-19-48)61-30-13-27-58(44-61)57-26-12-29-60(43-57)63-33-15-34-65-64-32-7-8-35-68(64)73-69(63)65/h1-46H. The van der Waals surface area contributed by atoms with E-state index < -0.39 is 0 Å². The van der Waals surface area contributed by atoms with Crippen molar-refractivity contribution >= 4 is 21.9 Å². The molecule has 342 valence electrons. The van der Waals surface area contributed by atoms with Gasteiger partial charge in [-0.2, -0.15) is 0 Å². The van der Waals surface area contributed by atoms with Crippen LogP contribution in [0.1, 0.15) is 0 Å². The molecule has 0 amide bonds. The Morgan fingerprint density at radius 2 is 0.562 bits per heavy atom. The molecule has 0 N–H and O–H groups in total. The van der Waals surface area contributed by atoms with Gasteiger partial charge >= 0.3 is 0 Å². The Morgan fingerprint density at radius 3 is 1.11 bits per heavy atom. The van der Waals surface area contributed by atoms with Crippen LogP contribution >= 0.6 is 0 Å². The van der Waals surface area contributed by atoms with Crippen LogP contribution in [0.5, 0.6) is 0 Å². The lowest BCUT2D eigenvalue weighted by atomic mass is 9.95. The second-order valence-electron chi connectivity index (χ2n) is 18.5. The zero-order chi connectivity index (χ0) is 48.5. The highest BCUT2D eigenvalue weighted by Crippen LogP contribution is 2.39. The van der Waals surface area contributed by atoms with Gasteiger partial charge in [0.05, 0.1) is 11.4 Å². The minimum atomic E-state index is 0.661. The summed E-state index contributed by atoms with van der Waals surface area (Å²) in [5.41, 5.74) is 22.5. The Balaban J connectivity index is 0.874. The molecule has 0 aliphatic heterocycles. The molecule has 0 radical (unpaired) electrons. The average Bonchev–Trinajstić information content (AvgIpc) is 3.87. The third-order valence-corrected chi connectivity index (χ3v) is 13.9. The monoisotopic (exact) mass is 930 g/mol. The fourth-order valence-electron chi connectivity index (χ4n) is 10.1. The molecule has 0 fully saturated rings. The number of hydrogen-bond acceptors (Lipinski definition) is 3. The lowest BCUT2D eigenvalue weighted by molar-refractivity contribution is 0.670. The van der Waals surface area contributed by atoms with Crippen LogP contribution in [0.25, 0.3) is 134 Å². The maximum atomic E-state index is 6.46. The molecule has 0 aliphatic rings. The van der Waals surface area contributed by atoms with Gasteiger partial charge in [-0.1, -0.05) is 231 Å². The summed E-state index contributed by atoms with van der Waals surface area (Å²) in [6.07, 6.45) is 0. The van der Waals surface area contributed by atoms with E-state index in [4.69, 9.17) is 14.4 Å². The highest BCUT2D eigenvalue weighted by atomic mass is 16.3. The molecule has 0 saturated carbocycles. The van der Waals surface area contributed by atoms with Gasteiger partial charge in [-0.25, -0.2) is 9.97 Å². The fourth-order valence-corrected chi connectivity index (χ4v) is 10.1. The Kier molecular flexibility index (Phi) is 11.2. The van der Waals surface area contributed by atoms with E-state index in [0.717, 1.165) is 94.5 Å². The first-order valence-electron chi connectivity index (χ1n) is 24.8. The van der Waals surface area contributed by atoms with Crippen molar-refractivity contribution in [1.29, 1.82) is 0 Å². The molecule has 0 bridgehead atoms. The van der Waals surface area contributed by atoms with Crippen molar-refractivity contribution in [3.8, 4) is 112 Å². The predicted octanol–water partition coefficient (Wildman–Crippen LogP) is 19.0. The number of hydrogen-bond donors (Lipinski definition) is 0. The zero-order valence-corrected chi connectivity index (χ0v) is 39.9. The van der Waals surface area contributed by atoms with E-state index in [-0.39, 0.29) is 0 Å². The normalized spacial score (nSPS) is 11.3. The summed E-state index contributed by atoms with van der Waals surface area (Å²) in [5.74, 6) is 0.661. The molecule has 2 aromatic heterocycles. The molecule has 0 spiro atoms. The van der Waals surface area contributed by atoms with E-state index in [0.29, 0.717) is 5.82 Å². The highest BCUT2D eigenvalue weighted by Gasteiger charge is 2.16. The first-order chi connectivity index (χ1) is 36.1. The van der Waals surface area contributed by atoms with E-state index in [2.05, 4.69) is 267 Å². The molecule has 73 heavy (non-hydrogen) atoms. The zero-order valence-electron chi connectivity index (χ0n) is 39.9. The number of rotatable bonds is 10. The third kappa shape index (κ3) is 8.71. The SMILES string of the molecule is c1ccc(-c2cccc(-c3cccc(-c4ccc(-c5cc(-c6cccc(-c7cccc(-c8cccc9c8oc8ccccc89)c7)c6)nc(-c6cccc(-c7cccc(-c8ccccc8)c7)c6)n5)cc4)c3)c2)cc1. The number of benzene rings is 11. The summed E-state index contributed by atoms with van der Waals surface area (Å²) in [7, 11) is 0. The number of furan rings is 1.